The molecule has 1 fully saturated rings. The molecule has 1 aliphatic carbocycles. The normalized spacial score (nSPS) is 16.7. The Bertz CT molecular complexity index is 707. The van der Waals surface area contributed by atoms with E-state index in [1.807, 2.05) is 0 Å². The number of carboxylic acids is 1. The number of hydrogen-bond donors (Lipinski definition) is 2. The van der Waals surface area contributed by atoms with Crippen LogP contribution in [0, 0.1) is 5.41 Å². The van der Waals surface area contributed by atoms with Gasteiger partial charge in [-0.05, 0) is 42.9 Å². The number of imidazole rings is 1. The Morgan fingerprint density at radius 1 is 1.47 bits per heavy atom. The molecule has 0 atom stereocenters. The minimum absolute atomic E-state index is 0.155. The maximum atomic E-state index is 12.0. The summed E-state index contributed by atoms with van der Waals surface area (Å²) in [5.41, 5.74) is 1.69. The van der Waals surface area contributed by atoms with Gasteiger partial charge >= 0.3 is 11.7 Å². The standard InChI is InChI=1S/C14H16N2O3/c1-2-14(5-6-14)8-16-11-4-3-9(12(17)18)7-10(11)15-13(16)19/h3-4,7H,2,5-6,8H2,1H3,(H,15,19)(H,17,18). The summed E-state index contributed by atoms with van der Waals surface area (Å²) < 4.78 is 1.73. The smallest absolute Gasteiger partial charge is 0.335 e. The van der Waals surface area contributed by atoms with Crippen molar-refractivity contribution in [1.29, 1.82) is 0 Å². The van der Waals surface area contributed by atoms with Gasteiger partial charge < -0.3 is 10.1 Å². The largest absolute Gasteiger partial charge is 0.478 e. The van der Waals surface area contributed by atoms with E-state index in [4.69, 9.17) is 5.11 Å². The number of carboxylic acid groups (broad SMARTS) is 1. The third-order valence-electron chi connectivity index (χ3n) is 4.22. The number of benzene rings is 1. The molecule has 0 aliphatic heterocycles. The molecule has 1 saturated carbocycles. The SMILES string of the molecule is CCC1(Cn2c(=O)[nH]c3cc(C(=O)O)ccc32)CC1. The van der Waals surface area contributed by atoms with Gasteiger partial charge in [-0.1, -0.05) is 6.92 Å². The van der Waals surface area contributed by atoms with E-state index in [9.17, 15) is 9.59 Å². The lowest BCUT2D eigenvalue weighted by molar-refractivity contribution is 0.0697. The van der Waals surface area contributed by atoms with E-state index in [1.54, 1.807) is 16.7 Å². The topological polar surface area (TPSA) is 75.1 Å². The molecule has 1 aliphatic rings. The van der Waals surface area contributed by atoms with Crippen molar-refractivity contribution in [2.75, 3.05) is 0 Å². The van der Waals surface area contributed by atoms with Crippen LogP contribution in [-0.2, 0) is 6.54 Å². The maximum absolute atomic E-state index is 12.0. The summed E-state index contributed by atoms with van der Waals surface area (Å²) >= 11 is 0. The minimum Gasteiger partial charge on any atom is -0.478 e. The lowest BCUT2D eigenvalue weighted by atomic mass is 10.0. The Morgan fingerprint density at radius 3 is 2.79 bits per heavy atom. The summed E-state index contributed by atoms with van der Waals surface area (Å²) in [6.07, 6.45) is 3.39. The van der Waals surface area contributed by atoms with E-state index in [0.717, 1.165) is 31.3 Å². The van der Waals surface area contributed by atoms with Crippen molar-refractivity contribution in [2.45, 2.75) is 32.7 Å². The second kappa shape index (κ2) is 3.98. The zero-order chi connectivity index (χ0) is 13.6. The minimum atomic E-state index is -0.984. The van der Waals surface area contributed by atoms with Gasteiger partial charge in [-0.2, -0.15) is 0 Å². The quantitative estimate of drug-likeness (QED) is 0.885. The first kappa shape index (κ1) is 12.0. The zero-order valence-electron chi connectivity index (χ0n) is 10.8. The second-order valence-electron chi connectivity index (χ2n) is 5.41. The van der Waals surface area contributed by atoms with E-state index < -0.39 is 5.97 Å². The molecule has 1 heterocycles. The second-order valence-corrected chi connectivity index (χ2v) is 5.41. The zero-order valence-corrected chi connectivity index (χ0v) is 10.8. The van der Waals surface area contributed by atoms with Gasteiger partial charge in [0, 0.05) is 6.54 Å². The van der Waals surface area contributed by atoms with Crippen LogP contribution in [-0.4, -0.2) is 20.6 Å². The molecular weight excluding hydrogens is 244 g/mol. The third kappa shape index (κ3) is 1.95. The van der Waals surface area contributed by atoms with Crippen molar-refractivity contribution in [1.82, 2.24) is 9.55 Å². The Balaban J connectivity index is 2.07. The van der Waals surface area contributed by atoms with E-state index in [-0.39, 0.29) is 16.7 Å². The summed E-state index contributed by atoms with van der Waals surface area (Å²) in [6.45, 7) is 2.87. The summed E-state index contributed by atoms with van der Waals surface area (Å²) in [5.74, 6) is -0.984. The van der Waals surface area contributed by atoms with Gasteiger partial charge in [-0.15, -0.1) is 0 Å². The van der Waals surface area contributed by atoms with Crippen molar-refractivity contribution in [2.24, 2.45) is 5.41 Å². The van der Waals surface area contributed by atoms with Crippen LogP contribution in [0.1, 0.15) is 36.5 Å². The average Bonchev–Trinajstić information content (AvgIpc) is 3.10. The van der Waals surface area contributed by atoms with Crippen molar-refractivity contribution in [3.05, 3.63) is 34.2 Å². The molecule has 2 N–H and O–H groups in total. The van der Waals surface area contributed by atoms with Gasteiger partial charge in [0.15, 0.2) is 0 Å². The first-order chi connectivity index (χ1) is 9.04. The molecule has 0 bridgehead atoms. The molecule has 19 heavy (non-hydrogen) atoms. The highest BCUT2D eigenvalue weighted by Gasteiger charge is 2.41. The van der Waals surface area contributed by atoms with Crippen LogP contribution < -0.4 is 5.69 Å². The van der Waals surface area contributed by atoms with E-state index in [0.29, 0.717) is 5.52 Å². The van der Waals surface area contributed by atoms with E-state index in [1.165, 1.54) is 6.07 Å². The average molecular weight is 260 g/mol. The summed E-state index contributed by atoms with van der Waals surface area (Å²) in [5, 5.41) is 8.96. The van der Waals surface area contributed by atoms with Crippen molar-refractivity contribution in [3.63, 3.8) is 0 Å². The molecule has 3 rings (SSSR count). The number of nitrogens with zero attached hydrogens (tertiary/aromatic N) is 1. The van der Waals surface area contributed by atoms with Gasteiger partial charge in [0.25, 0.3) is 0 Å². The van der Waals surface area contributed by atoms with Crippen LogP contribution in [0.2, 0.25) is 0 Å². The number of aromatic nitrogens is 2. The van der Waals surface area contributed by atoms with Crippen molar-refractivity contribution < 1.29 is 9.90 Å². The molecule has 5 heteroatoms. The van der Waals surface area contributed by atoms with Gasteiger partial charge in [-0.25, -0.2) is 9.59 Å². The molecule has 0 saturated heterocycles. The molecular formula is C14H16N2O3. The summed E-state index contributed by atoms with van der Waals surface area (Å²) in [6, 6.07) is 4.77. The predicted octanol–water partition coefficient (Wildman–Crippen LogP) is 2.22. The predicted molar refractivity (Wildman–Crippen MR) is 71.5 cm³/mol. The molecule has 1 aromatic carbocycles. The lowest BCUT2D eigenvalue weighted by Gasteiger charge is -2.12. The van der Waals surface area contributed by atoms with Crippen molar-refractivity contribution in [3.8, 4) is 0 Å². The molecule has 0 radical (unpaired) electrons. The first-order valence-corrected chi connectivity index (χ1v) is 6.50. The van der Waals surface area contributed by atoms with Crippen LogP contribution in [0.5, 0.6) is 0 Å². The highest BCUT2D eigenvalue weighted by atomic mass is 16.4. The Labute approximate surface area is 109 Å². The molecule has 5 nitrogen and oxygen atoms in total. The van der Waals surface area contributed by atoms with Gasteiger partial charge in [0.05, 0.1) is 16.6 Å². The number of aromatic amines is 1. The number of hydrogen-bond acceptors (Lipinski definition) is 2. The Morgan fingerprint density at radius 2 is 2.21 bits per heavy atom. The lowest BCUT2D eigenvalue weighted by Crippen LogP contribution is -2.22. The fourth-order valence-electron chi connectivity index (χ4n) is 2.59. The number of H-pyrrole nitrogens is 1. The molecule has 100 valence electrons. The van der Waals surface area contributed by atoms with Crippen LogP contribution >= 0.6 is 0 Å². The molecule has 0 spiro atoms. The molecule has 1 aromatic heterocycles. The van der Waals surface area contributed by atoms with Crippen LogP contribution in [0.3, 0.4) is 0 Å². The number of fused-ring (bicyclic) bond motifs is 1. The number of nitrogens with one attached hydrogen (secondary N) is 1. The monoisotopic (exact) mass is 260 g/mol. The number of aromatic carboxylic acids is 1. The first-order valence-electron chi connectivity index (χ1n) is 6.50. The third-order valence-corrected chi connectivity index (χ3v) is 4.22. The van der Waals surface area contributed by atoms with Crippen LogP contribution in [0.25, 0.3) is 11.0 Å². The Kier molecular flexibility index (Phi) is 2.52. The van der Waals surface area contributed by atoms with E-state index >= 15 is 0 Å². The fraction of sp³-hybridized carbons (Fsp3) is 0.429. The number of rotatable bonds is 4. The molecule has 0 unspecified atom stereocenters. The molecule has 0 amide bonds. The van der Waals surface area contributed by atoms with Gasteiger partial charge in [0.2, 0.25) is 0 Å². The van der Waals surface area contributed by atoms with Gasteiger partial charge in [0.1, 0.15) is 0 Å². The Hall–Kier alpha value is -2.04. The molecule has 2 aromatic rings. The highest BCUT2D eigenvalue weighted by Crippen LogP contribution is 2.50. The van der Waals surface area contributed by atoms with Crippen LogP contribution in [0.4, 0.5) is 0 Å². The summed E-state index contributed by atoms with van der Waals surface area (Å²) in [4.78, 5) is 25.7. The maximum Gasteiger partial charge on any atom is 0.335 e. The number of carbonyl (C=O) groups is 1. The van der Waals surface area contributed by atoms with Gasteiger partial charge in [-0.3, -0.25) is 4.57 Å². The summed E-state index contributed by atoms with van der Waals surface area (Å²) in [7, 11) is 0. The van der Waals surface area contributed by atoms with Crippen LogP contribution in [0.15, 0.2) is 23.0 Å². The highest BCUT2D eigenvalue weighted by molar-refractivity contribution is 5.92. The van der Waals surface area contributed by atoms with E-state index in [2.05, 4.69) is 11.9 Å². The fourth-order valence-corrected chi connectivity index (χ4v) is 2.59. The van der Waals surface area contributed by atoms with Crippen molar-refractivity contribution >= 4 is 17.0 Å².